The highest BCUT2D eigenvalue weighted by atomic mass is 32.2. The Kier molecular flexibility index (Phi) is 6.12. The maximum absolute atomic E-state index is 12.5. The Balaban J connectivity index is 1.18. The zero-order valence-corrected chi connectivity index (χ0v) is 15.4. The molecule has 4 atom stereocenters. The number of thioether (sulfide) groups is 1. The Hall–Kier alpha value is -0.420. The van der Waals surface area contributed by atoms with Gasteiger partial charge in [-0.3, -0.25) is 15.1 Å². The second-order valence-electron chi connectivity index (χ2n) is 7.59. The summed E-state index contributed by atoms with van der Waals surface area (Å²) in [5, 5.41) is 5.67. The van der Waals surface area contributed by atoms with Crippen LogP contribution < -0.4 is 27.1 Å². The topological polar surface area (TPSA) is 89.7 Å². The zero-order valence-electron chi connectivity index (χ0n) is 14.6. The molecule has 4 fully saturated rings. The number of hydroxylamine groups is 1. The fourth-order valence-electron chi connectivity index (χ4n) is 4.21. The van der Waals surface area contributed by atoms with Gasteiger partial charge in [-0.2, -0.15) is 5.48 Å². The number of hydrazine groups is 2. The molecule has 25 heavy (non-hydrogen) atoms. The highest BCUT2D eigenvalue weighted by Crippen LogP contribution is 2.25. The Morgan fingerprint density at radius 1 is 1.28 bits per heavy atom. The van der Waals surface area contributed by atoms with E-state index < -0.39 is 0 Å². The van der Waals surface area contributed by atoms with Gasteiger partial charge in [-0.05, 0) is 18.8 Å². The summed E-state index contributed by atoms with van der Waals surface area (Å²) in [5.41, 5.74) is 12.6. The molecule has 5 N–H and O–H groups in total. The quantitative estimate of drug-likeness (QED) is 0.449. The Labute approximate surface area is 153 Å². The molecule has 1 aliphatic carbocycles. The van der Waals surface area contributed by atoms with Crippen LogP contribution in [0.1, 0.15) is 38.5 Å². The number of carbonyl (C=O) groups is 1. The summed E-state index contributed by atoms with van der Waals surface area (Å²) in [5.74, 6) is 1.72. The molecule has 4 unspecified atom stereocenters. The molecule has 4 rings (SSSR count). The molecule has 1 saturated carbocycles. The Morgan fingerprint density at radius 3 is 2.96 bits per heavy atom. The van der Waals surface area contributed by atoms with Crippen LogP contribution in [-0.4, -0.2) is 60.0 Å². The minimum absolute atomic E-state index is 0.0141. The minimum Gasteiger partial charge on any atom is -0.349 e. The molecule has 142 valence electrons. The van der Waals surface area contributed by atoms with E-state index in [0.29, 0.717) is 6.42 Å². The van der Waals surface area contributed by atoms with Crippen LogP contribution in [0.2, 0.25) is 0 Å². The van der Waals surface area contributed by atoms with E-state index in [9.17, 15) is 4.79 Å². The molecule has 0 radical (unpaired) electrons. The second kappa shape index (κ2) is 8.51. The maximum atomic E-state index is 12.5. The van der Waals surface area contributed by atoms with Crippen molar-refractivity contribution in [2.75, 3.05) is 25.5 Å². The summed E-state index contributed by atoms with van der Waals surface area (Å²) in [6.07, 6.45) is 7.55. The third-order valence-corrected chi connectivity index (χ3v) is 6.71. The first kappa shape index (κ1) is 18.0. The van der Waals surface area contributed by atoms with Crippen LogP contribution >= 0.6 is 11.8 Å². The summed E-state index contributed by atoms with van der Waals surface area (Å²) in [4.78, 5) is 18.1. The van der Waals surface area contributed by atoms with E-state index in [-0.39, 0.29) is 29.5 Å². The van der Waals surface area contributed by atoms with Crippen LogP contribution in [0.3, 0.4) is 0 Å². The first-order chi connectivity index (χ1) is 12.3. The maximum Gasteiger partial charge on any atom is 0.239 e. The zero-order chi connectivity index (χ0) is 17.1. The molecule has 8 nitrogen and oxygen atoms in total. The van der Waals surface area contributed by atoms with Gasteiger partial charge in [-0.1, -0.05) is 19.3 Å². The molecule has 0 aromatic heterocycles. The van der Waals surface area contributed by atoms with Crippen molar-refractivity contribution in [1.29, 1.82) is 0 Å². The second-order valence-corrected chi connectivity index (χ2v) is 8.72. The molecule has 3 saturated heterocycles. The predicted octanol–water partition coefficient (Wildman–Crippen LogP) is -0.342. The lowest BCUT2D eigenvalue weighted by Crippen LogP contribution is -2.47. The van der Waals surface area contributed by atoms with Crippen molar-refractivity contribution in [3.05, 3.63) is 0 Å². The van der Waals surface area contributed by atoms with E-state index in [1.54, 1.807) is 11.8 Å². The van der Waals surface area contributed by atoms with Gasteiger partial charge >= 0.3 is 0 Å². The molecule has 0 spiro atoms. The standard InChI is InChI=1S/C16H30N6O2S/c23-15(13-6-14(24-21-13)16-20-17-10-25-16)19-12-7-18-22(9-12)8-11-4-2-1-3-5-11/h11-14,16-18,20-21H,1-10H2,(H,19,23). The predicted molar refractivity (Wildman–Crippen MR) is 97.0 cm³/mol. The Morgan fingerprint density at radius 2 is 2.16 bits per heavy atom. The molecule has 0 aromatic carbocycles. The average molecular weight is 371 g/mol. The van der Waals surface area contributed by atoms with Crippen LogP contribution in [0.4, 0.5) is 0 Å². The third-order valence-electron chi connectivity index (χ3n) is 5.62. The van der Waals surface area contributed by atoms with E-state index in [2.05, 4.69) is 32.1 Å². The Bertz CT molecular complexity index is 458. The number of hydrogen-bond acceptors (Lipinski definition) is 8. The molecular formula is C16H30N6O2S. The van der Waals surface area contributed by atoms with Crippen LogP contribution in [0.25, 0.3) is 0 Å². The number of amides is 1. The van der Waals surface area contributed by atoms with Crippen molar-refractivity contribution in [3.8, 4) is 0 Å². The normalized spacial score (nSPS) is 37.6. The van der Waals surface area contributed by atoms with Gasteiger partial charge in [0.1, 0.15) is 12.1 Å². The highest BCUT2D eigenvalue weighted by molar-refractivity contribution is 8.00. The van der Waals surface area contributed by atoms with E-state index in [0.717, 1.165) is 31.4 Å². The minimum atomic E-state index is -0.264. The number of carbonyl (C=O) groups excluding carboxylic acids is 1. The number of nitrogens with one attached hydrogen (secondary N) is 5. The van der Waals surface area contributed by atoms with Gasteiger partial charge in [0.15, 0.2) is 0 Å². The monoisotopic (exact) mass is 370 g/mol. The first-order valence-corrected chi connectivity index (χ1v) is 10.6. The third kappa shape index (κ3) is 4.65. The van der Waals surface area contributed by atoms with Gasteiger partial charge in [0.25, 0.3) is 0 Å². The van der Waals surface area contributed by atoms with E-state index in [4.69, 9.17) is 4.84 Å². The van der Waals surface area contributed by atoms with Gasteiger partial charge in [-0.15, -0.1) is 11.8 Å². The van der Waals surface area contributed by atoms with Gasteiger partial charge in [-0.25, -0.2) is 15.9 Å². The van der Waals surface area contributed by atoms with Crippen molar-refractivity contribution >= 4 is 17.7 Å². The average Bonchev–Trinajstić information content (AvgIpc) is 3.37. The number of hydrogen-bond donors (Lipinski definition) is 5. The summed E-state index contributed by atoms with van der Waals surface area (Å²) >= 11 is 1.77. The smallest absolute Gasteiger partial charge is 0.239 e. The number of nitrogens with zero attached hydrogens (tertiary/aromatic N) is 1. The first-order valence-electron chi connectivity index (χ1n) is 9.58. The lowest BCUT2D eigenvalue weighted by atomic mass is 9.89. The van der Waals surface area contributed by atoms with Crippen molar-refractivity contribution in [1.82, 2.24) is 32.1 Å². The van der Waals surface area contributed by atoms with Crippen LogP contribution in [0.15, 0.2) is 0 Å². The fourth-order valence-corrected chi connectivity index (χ4v) is 5.11. The molecule has 3 heterocycles. The SMILES string of the molecule is O=C(NC1CNN(CC2CCCCC2)C1)C1CC(C2NNCS2)ON1. The summed E-state index contributed by atoms with van der Waals surface area (Å²) in [6.45, 7) is 2.82. The van der Waals surface area contributed by atoms with Crippen LogP contribution in [0, 0.1) is 5.92 Å². The van der Waals surface area contributed by atoms with Crippen molar-refractivity contribution in [3.63, 3.8) is 0 Å². The fraction of sp³-hybridized carbons (Fsp3) is 0.938. The van der Waals surface area contributed by atoms with Gasteiger partial charge in [0, 0.05) is 26.1 Å². The van der Waals surface area contributed by atoms with Crippen molar-refractivity contribution in [2.45, 2.75) is 62.1 Å². The van der Waals surface area contributed by atoms with E-state index in [1.165, 1.54) is 32.1 Å². The number of rotatable bonds is 5. The largest absolute Gasteiger partial charge is 0.349 e. The molecule has 3 aliphatic heterocycles. The van der Waals surface area contributed by atoms with Gasteiger partial charge in [0.2, 0.25) is 5.91 Å². The summed E-state index contributed by atoms with van der Waals surface area (Å²) < 4.78 is 0. The van der Waals surface area contributed by atoms with Crippen LogP contribution in [0.5, 0.6) is 0 Å². The van der Waals surface area contributed by atoms with E-state index in [1.807, 2.05) is 0 Å². The molecule has 9 heteroatoms. The highest BCUT2D eigenvalue weighted by Gasteiger charge is 2.38. The molecule has 4 aliphatic rings. The van der Waals surface area contributed by atoms with Gasteiger partial charge < -0.3 is 5.32 Å². The molecule has 0 aromatic rings. The molecular weight excluding hydrogens is 340 g/mol. The lowest BCUT2D eigenvalue weighted by molar-refractivity contribution is -0.124. The lowest BCUT2D eigenvalue weighted by Gasteiger charge is -2.26. The molecule has 0 bridgehead atoms. The van der Waals surface area contributed by atoms with Crippen molar-refractivity contribution in [2.24, 2.45) is 5.92 Å². The van der Waals surface area contributed by atoms with Crippen molar-refractivity contribution < 1.29 is 9.63 Å². The van der Waals surface area contributed by atoms with E-state index >= 15 is 0 Å². The molecule has 1 amide bonds. The van der Waals surface area contributed by atoms with Gasteiger partial charge in [0.05, 0.1) is 17.3 Å². The summed E-state index contributed by atoms with van der Waals surface area (Å²) in [7, 11) is 0. The summed E-state index contributed by atoms with van der Waals surface area (Å²) in [6, 6.07) is -0.0852. The van der Waals surface area contributed by atoms with Crippen LogP contribution in [-0.2, 0) is 9.63 Å².